The van der Waals surface area contributed by atoms with E-state index in [-0.39, 0.29) is 30.6 Å². The van der Waals surface area contributed by atoms with Crippen molar-refractivity contribution in [3.05, 3.63) is 35.9 Å². The second kappa shape index (κ2) is 9.85. The van der Waals surface area contributed by atoms with E-state index in [2.05, 4.69) is 5.32 Å². The maximum atomic E-state index is 12.4. The molecule has 6 nitrogen and oxygen atoms in total. The molecular weight excluding hydrogens is 344 g/mol. The Hall–Kier alpha value is -1.92. The van der Waals surface area contributed by atoms with E-state index in [4.69, 9.17) is 4.74 Å². The van der Waals surface area contributed by atoms with Gasteiger partial charge in [-0.25, -0.2) is 0 Å². The van der Waals surface area contributed by atoms with Crippen LogP contribution >= 0.6 is 0 Å². The molecule has 0 aliphatic carbocycles. The molecule has 3 rings (SSSR count). The fourth-order valence-electron chi connectivity index (χ4n) is 3.95. The Kier molecular flexibility index (Phi) is 7.24. The third-order valence-electron chi connectivity index (χ3n) is 5.46. The van der Waals surface area contributed by atoms with Crippen LogP contribution in [0.15, 0.2) is 30.3 Å². The topological polar surface area (TPSA) is 78.9 Å². The average Bonchev–Trinajstić information content (AvgIpc) is 2.70. The molecule has 2 heterocycles. The summed E-state index contributed by atoms with van der Waals surface area (Å²) in [6.07, 6.45) is 4.80. The zero-order valence-corrected chi connectivity index (χ0v) is 15.8. The van der Waals surface area contributed by atoms with Crippen molar-refractivity contribution in [2.75, 3.05) is 19.7 Å². The van der Waals surface area contributed by atoms with Gasteiger partial charge in [0.2, 0.25) is 11.8 Å². The molecule has 27 heavy (non-hydrogen) atoms. The summed E-state index contributed by atoms with van der Waals surface area (Å²) in [4.78, 5) is 26.7. The number of benzene rings is 1. The fourth-order valence-corrected chi connectivity index (χ4v) is 3.95. The van der Waals surface area contributed by atoms with Crippen molar-refractivity contribution in [2.45, 2.75) is 63.2 Å². The molecule has 2 aliphatic heterocycles. The number of nitrogens with zero attached hydrogens (tertiary/aromatic N) is 1. The molecule has 3 atom stereocenters. The smallest absolute Gasteiger partial charge is 0.225 e. The molecule has 0 saturated carbocycles. The van der Waals surface area contributed by atoms with Crippen molar-refractivity contribution in [3.63, 3.8) is 0 Å². The molecule has 2 amide bonds. The number of likely N-dealkylation sites (tertiary alicyclic amines) is 1. The van der Waals surface area contributed by atoms with E-state index in [0.29, 0.717) is 25.7 Å². The van der Waals surface area contributed by atoms with E-state index in [1.807, 2.05) is 35.2 Å². The van der Waals surface area contributed by atoms with Gasteiger partial charge in [0.1, 0.15) is 6.10 Å². The summed E-state index contributed by atoms with van der Waals surface area (Å²) in [5, 5.41) is 12.7. The van der Waals surface area contributed by atoms with E-state index < -0.39 is 6.10 Å². The molecule has 0 bridgehead atoms. The SMILES string of the molecule is O=C(Cc1ccccc1)N[C@@H]1CC[C@H](CC(=O)N2CCCCC2)O[C@H]1CO. The maximum Gasteiger partial charge on any atom is 0.225 e. The van der Waals surface area contributed by atoms with Crippen LogP contribution in [0.4, 0.5) is 0 Å². The monoisotopic (exact) mass is 374 g/mol. The molecular formula is C21H30N2O4. The normalized spacial score (nSPS) is 25.8. The van der Waals surface area contributed by atoms with E-state index in [1.54, 1.807) is 0 Å². The average molecular weight is 374 g/mol. The molecule has 0 aromatic heterocycles. The summed E-state index contributed by atoms with van der Waals surface area (Å²) in [5.41, 5.74) is 0.956. The Labute approximate surface area is 160 Å². The quantitative estimate of drug-likeness (QED) is 0.794. The van der Waals surface area contributed by atoms with E-state index in [9.17, 15) is 14.7 Å². The number of hydrogen-bond donors (Lipinski definition) is 2. The number of ether oxygens (including phenoxy) is 1. The van der Waals surface area contributed by atoms with E-state index >= 15 is 0 Å². The molecule has 2 aliphatic rings. The third kappa shape index (κ3) is 5.78. The molecule has 0 radical (unpaired) electrons. The Bertz CT molecular complexity index is 616. The van der Waals surface area contributed by atoms with Crippen molar-refractivity contribution in [3.8, 4) is 0 Å². The van der Waals surface area contributed by atoms with Crippen LogP contribution < -0.4 is 5.32 Å². The van der Waals surface area contributed by atoms with Gasteiger partial charge in [0.15, 0.2) is 0 Å². The highest BCUT2D eigenvalue weighted by atomic mass is 16.5. The summed E-state index contributed by atoms with van der Waals surface area (Å²) >= 11 is 0. The first kappa shape index (κ1) is 19.8. The number of amides is 2. The van der Waals surface area contributed by atoms with Crippen LogP contribution in [0.3, 0.4) is 0 Å². The first-order chi connectivity index (χ1) is 13.2. The van der Waals surface area contributed by atoms with Gasteiger partial charge in [-0.3, -0.25) is 9.59 Å². The van der Waals surface area contributed by atoms with Gasteiger partial charge in [-0.2, -0.15) is 0 Å². The van der Waals surface area contributed by atoms with Gasteiger partial charge in [-0.05, 0) is 37.7 Å². The summed E-state index contributed by atoms with van der Waals surface area (Å²) in [5.74, 6) is 0.0686. The molecule has 0 spiro atoms. The van der Waals surface area contributed by atoms with Crippen LogP contribution in [0.2, 0.25) is 0 Å². The number of aliphatic hydroxyl groups excluding tert-OH is 1. The first-order valence-electron chi connectivity index (χ1n) is 10.0. The summed E-state index contributed by atoms with van der Waals surface area (Å²) < 4.78 is 5.95. The predicted octanol–water partition coefficient (Wildman–Crippen LogP) is 1.66. The molecule has 0 unspecified atom stereocenters. The lowest BCUT2D eigenvalue weighted by molar-refractivity contribution is -0.143. The first-order valence-corrected chi connectivity index (χ1v) is 10.0. The van der Waals surface area contributed by atoms with Crippen LogP contribution in [0.25, 0.3) is 0 Å². The molecule has 2 fully saturated rings. The number of rotatable bonds is 6. The van der Waals surface area contributed by atoms with Gasteiger partial charge in [0, 0.05) is 13.1 Å². The Morgan fingerprint density at radius 3 is 2.56 bits per heavy atom. The van der Waals surface area contributed by atoms with Crippen molar-refractivity contribution >= 4 is 11.8 Å². The number of piperidine rings is 1. The Morgan fingerprint density at radius 2 is 1.85 bits per heavy atom. The summed E-state index contributed by atoms with van der Waals surface area (Å²) in [6, 6.07) is 9.36. The molecule has 1 aromatic carbocycles. The minimum Gasteiger partial charge on any atom is -0.394 e. The van der Waals surface area contributed by atoms with Gasteiger partial charge < -0.3 is 20.1 Å². The summed E-state index contributed by atoms with van der Waals surface area (Å²) in [6.45, 7) is 1.52. The van der Waals surface area contributed by atoms with Crippen LogP contribution in [-0.4, -0.2) is 59.8 Å². The fraction of sp³-hybridized carbons (Fsp3) is 0.619. The lowest BCUT2D eigenvalue weighted by atomic mass is 9.96. The van der Waals surface area contributed by atoms with Crippen molar-refractivity contribution in [1.82, 2.24) is 10.2 Å². The largest absolute Gasteiger partial charge is 0.394 e. The lowest BCUT2D eigenvalue weighted by Gasteiger charge is -2.37. The number of carbonyl (C=O) groups excluding carboxylic acids is 2. The van der Waals surface area contributed by atoms with Crippen molar-refractivity contribution < 1.29 is 19.4 Å². The molecule has 2 N–H and O–H groups in total. The van der Waals surface area contributed by atoms with Crippen LogP contribution in [0.1, 0.15) is 44.1 Å². The molecule has 2 saturated heterocycles. The standard InChI is InChI=1S/C21H30N2O4/c24-15-19-18(22-20(25)13-16-7-3-1-4-8-16)10-9-17(27-19)14-21(26)23-11-5-2-6-12-23/h1,3-4,7-8,17-19,24H,2,5-6,9-15H2,(H,22,25)/t17-,18-,19+/m1/s1. The zero-order valence-electron chi connectivity index (χ0n) is 15.8. The Balaban J connectivity index is 1.47. The van der Waals surface area contributed by atoms with Gasteiger partial charge in [-0.1, -0.05) is 30.3 Å². The molecule has 148 valence electrons. The van der Waals surface area contributed by atoms with E-state index in [0.717, 1.165) is 31.5 Å². The number of nitrogens with one attached hydrogen (secondary N) is 1. The molecule has 1 aromatic rings. The second-order valence-electron chi connectivity index (χ2n) is 7.54. The Morgan fingerprint density at radius 1 is 1.11 bits per heavy atom. The van der Waals surface area contributed by atoms with Gasteiger partial charge in [0.25, 0.3) is 0 Å². The number of aliphatic hydroxyl groups is 1. The second-order valence-corrected chi connectivity index (χ2v) is 7.54. The van der Waals surface area contributed by atoms with Gasteiger partial charge in [0.05, 0.1) is 31.6 Å². The maximum absolute atomic E-state index is 12.4. The number of carbonyl (C=O) groups is 2. The number of hydrogen-bond acceptors (Lipinski definition) is 4. The predicted molar refractivity (Wildman–Crippen MR) is 102 cm³/mol. The van der Waals surface area contributed by atoms with Gasteiger partial charge >= 0.3 is 0 Å². The van der Waals surface area contributed by atoms with E-state index in [1.165, 1.54) is 6.42 Å². The lowest BCUT2D eigenvalue weighted by Crippen LogP contribution is -2.52. The van der Waals surface area contributed by atoms with Crippen molar-refractivity contribution in [2.24, 2.45) is 0 Å². The van der Waals surface area contributed by atoms with Crippen LogP contribution in [0.5, 0.6) is 0 Å². The van der Waals surface area contributed by atoms with Crippen LogP contribution in [0, 0.1) is 0 Å². The minimum atomic E-state index is -0.461. The van der Waals surface area contributed by atoms with Crippen molar-refractivity contribution in [1.29, 1.82) is 0 Å². The highest BCUT2D eigenvalue weighted by Crippen LogP contribution is 2.23. The highest BCUT2D eigenvalue weighted by molar-refractivity contribution is 5.79. The third-order valence-corrected chi connectivity index (χ3v) is 5.46. The van der Waals surface area contributed by atoms with Gasteiger partial charge in [-0.15, -0.1) is 0 Å². The minimum absolute atomic E-state index is 0.0731. The zero-order chi connectivity index (χ0) is 19.1. The molecule has 6 heteroatoms. The summed E-state index contributed by atoms with van der Waals surface area (Å²) in [7, 11) is 0. The highest BCUT2D eigenvalue weighted by Gasteiger charge is 2.33. The van der Waals surface area contributed by atoms with Crippen LogP contribution in [-0.2, 0) is 20.7 Å².